The lowest BCUT2D eigenvalue weighted by molar-refractivity contribution is 0.366. The van der Waals surface area contributed by atoms with Gasteiger partial charge in [0.25, 0.3) is 0 Å². The summed E-state index contributed by atoms with van der Waals surface area (Å²) in [6.07, 6.45) is 8.06. The van der Waals surface area contributed by atoms with Crippen molar-refractivity contribution in [3.8, 4) is 0 Å². The lowest BCUT2D eigenvalue weighted by Gasteiger charge is -2.07. The Morgan fingerprint density at radius 3 is 2.95 bits per heavy atom. The summed E-state index contributed by atoms with van der Waals surface area (Å²) in [7, 11) is 0. The normalized spacial score (nSPS) is 12.8. The highest BCUT2D eigenvalue weighted by molar-refractivity contribution is 5.15. The summed E-state index contributed by atoms with van der Waals surface area (Å²) in [5, 5.41) is 3.95. The number of nitrogens with two attached hydrogens (primary N) is 1. The van der Waals surface area contributed by atoms with Crippen LogP contribution < -0.4 is 5.73 Å². The number of hydrogen-bond acceptors (Lipinski definition) is 4. The van der Waals surface area contributed by atoms with Gasteiger partial charge in [-0.05, 0) is 24.5 Å². The summed E-state index contributed by atoms with van der Waals surface area (Å²) in [6.45, 7) is 4.85. The molecule has 0 spiro atoms. The van der Waals surface area contributed by atoms with Gasteiger partial charge in [-0.2, -0.15) is 4.98 Å². The third-order valence-corrected chi connectivity index (χ3v) is 3.10. The van der Waals surface area contributed by atoms with Crippen LogP contribution in [-0.4, -0.2) is 14.7 Å². The third-order valence-electron chi connectivity index (χ3n) is 3.10. The fraction of sp³-hybridized carbons (Fsp3) is 0.571. The molecule has 5 heteroatoms. The van der Waals surface area contributed by atoms with Gasteiger partial charge in [0, 0.05) is 24.9 Å². The molecular weight excluding hydrogens is 240 g/mol. The van der Waals surface area contributed by atoms with Crippen LogP contribution >= 0.6 is 0 Å². The predicted molar refractivity (Wildman–Crippen MR) is 73.7 cm³/mol. The van der Waals surface area contributed by atoms with E-state index in [-0.39, 0.29) is 6.04 Å². The molecule has 0 aliphatic rings. The monoisotopic (exact) mass is 262 g/mol. The lowest BCUT2D eigenvalue weighted by atomic mass is 10.1. The molecule has 0 fully saturated rings. The van der Waals surface area contributed by atoms with Crippen molar-refractivity contribution in [2.75, 3.05) is 0 Å². The molecule has 1 unspecified atom stereocenters. The van der Waals surface area contributed by atoms with Crippen molar-refractivity contribution in [3.05, 3.63) is 35.7 Å². The molecule has 2 aromatic heterocycles. The molecule has 0 saturated carbocycles. The SMILES string of the molecule is CCCc1noc(Cn2ccc(C(N)CCC)c2)n1. The van der Waals surface area contributed by atoms with E-state index in [4.69, 9.17) is 10.3 Å². The Morgan fingerprint density at radius 1 is 1.37 bits per heavy atom. The zero-order valence-electron chi connectivity index (χ0n) is 11.7. The van der Waals surface area contributed by atoms with E-state index in [1.54, 1.807) is 0 Å². The first kappa shape index (κ1) is 13.8. The molecule has 19 heavy (non-hydrogen) atoms. The van der Waals surface area contributed by atoms with E-state index in [1.165, 1.54) is 0 Å². The Bertz CT molecular complexity index is 503. The Kier molecular flexibility index (Phi) is 4.74. The summed E-state index contributed by atoms with van der Waals surface area (Å²) in [5.41, 5.74) is 7.25. The Hall–Kier alpha value is -1.62. The second kappa shape index (κ2) is 6.52. The Labute approximate surface area is 113 Å². The van der Waals surface area contributed by atoms with Gasteiger partial charge in [0.1, 0.15) is 6.54 Å². The van der Waals surface area contributed by atoms with Crippen molar-refractivity contribution in [3.63, 3.8) is 0 Å². The molecule has 0 aromatic carbocycles. The van der Waals surface area contributed by atoms with Crippen LogP contribution in [0.4, 0.5) is 0 Å². The van der Waals surface area contributed by atoms with E-state index >= 15 is 0 Å². The van der Waals surface area contributed by atoms with Crippen LogP contribution in [0.3, 0.4) is 0 Å². The van der Waals surface area contributed by atoms with Gasteiger partial charge in [-0.1, -0.05) is 25.4 Å². The maximum Gasteiger partial charge on any atom is 0.246 e. The van der Waals surface area contributed by atoms with E-state index in [2.05, 4.69) is 36.3 Å². The van der Waals surface area contributed by atoms with E-state index < -0.39 is 0 Å². The van der Waals surface area contributed by atoms with E-state index in [0.717, 1.165) is 37.1 Å². The molecule has 0 radical (unpaired) electrons. The van der Waals surface area contributed by atoms with Gasteiger partial charge < -0.3 is 14.8 Å². The van der Waals surface area contributed by atoms with Crippen LogP contribution in [0.5, 0.6) is 0 Å². The smallest absolute Gasteiger partial charge is 0.246 e. The standard InChI is InChI=1S/C14H22N4O/c1-3-5-12(15)11-7-8-18(9-11)10-14-16-13(6-4-2)17-19-14/h7-9,12H,3-6,10,15H2,1-2H3. The number of aryl methyl sites for hydroxylation is 1. The molecule has 0 saturated heterocycles. The molecule has 0 amide bonds. The predicted octanol–water partition coefficient (Wildman–Crippen LogP) is 2.67. The summed E-state index contributed by atoms with van der Waals surface area (Å²) in [4.78, 5) is 4.36. The van der Waals surface area contributed by atoms with Gasteiger partial charge in [0.05, 0.1) is 0 Å². The first-order valence-electron chi connectivity index (χ1n) is 6.95. The van der Waals surface area contributed by atoms with Crippen LogP contribution in [0.25, 0.3) is 0 Å². The second-order valence-corrected chi connectivity index (χ2v) is 4.87. The Morgan fingerprint density at radius 2 is 2.21 bits per heavy atom. The van der Waals surface area contributed by atoms with Gasteiger partial charge in [0.2, 0.25) is 5.89 Å². The van der Waals surface area contributed by atoms with Crippen LogP contribution in [0.2, 0.25) is 0 Å². The quantitative estimate of drug-likeness (QED) is 0.832. The highest BCUT2D eigenvalue weighted by atomic mass is 16.5. The molecule has 5 nitrogen and oxygen atoms in total. The zero-order valence-corrected chi connectivity index (χ0v) is 11.7. The average molecular weight is 262 g/mol. The van der Waals surface area contributed by atoms with Crippen molar-refractivity contribution < 1.29 is 4.52 Å². The van der Waals surface area contributed by atoms with Crippen molar-refractivity contribution in [2.45, 2.75) is 52.1 Å². The number of aromatic nitrogens is 3. The lowest BCUT2D eigenvalue weighted by Crippen LogP contribution is -2.08. The van der Waals surface area contributed by atoms with Crippen molar-refractivity contribution in [1.29, 1.82) is 0 Å². The van der Waals surface area contributed by atoms with Crippen LogP contribution in [-0.2, 0) is 13.0 Å². The molecular formula is C14H22N4O. The van der Waals surface area contributed by atoms with Gasteiger partial charge in [0.15, 0.2) is 5.82 Å². The minimum absolute atomic E-state index is 0.115. The molecule has 2 heterocycles. The van der Waals surface area contributed by atoms with Crippen molar-refractivity contribution in [2.24, 2.45) is 5.73 Å². The molecule has 104 valence electrons. The summed E-state index contributed by atoms with van der Waals surface area (Å²) >= 11 is 0. The first-order chi connectivity index (χ1) is 9.22. The average Bonchev–Trinajstić information content (AvgIpc) is 3.00. The van der Waals surface area contributed by atoms with Gasteiger partial charge in [-0.25, -0.2) is 0 Å². The van der Waals surface area contributed by atoms with E-state index in [0.29, 0.717) is 12.4 Å². The van der Waals surface area contributed by atoms with E-state index in [1.807, 2.05) is 10.8 Å². The van der Waals surface area contributed by atoms with Crippen molar-refractivity contribution >= 4 is 0 Å². The number of nitrogens with zero attached hydrogens (tertiary/aromatic N) is 3. The van der Waals surface area contributed by atoms with Crippen molar-refractivity contribution in [1.82, 2.24) is 14.7 Å². The highest BCUT2D eigenvalue weighted by Crippen LogP contribution is 2.16. The molecule has 2 rings (SSSR count). The topological polar surface area (TPSA) is 69.9 Å². The maximum atomic E-state index is 6.09. The minimum atomic E-state index is 0.115. The minimum Gasteiger partial charge on any atom is -0.345 e. The molecule has 0 bridgehead atoms. The van der Waals surface area contributed by atoms with Gasteiger partial charge in [-0.3, -0.25) is 0 Å². The van der Waals surface area contributed by atoms with Gasteiger partial charge >= 0.3 is 0 Å². The Balaban J connectivity index is 1.98. The summed E-state index contributed by atoms with van der Waals surface area (Å²) < 4.78 is 7.26. The fourth-order valence-electron chi connectivity index (χ4n) is 2.09. The number of rotatable bonds is 7. The zero-order chi connectivity index (χ0) is 13.7. The van der Waals surface area contributed by atoms with Gasteiger partial charge in [-0.15, -0.1) is 0 Å². The van der Waals surface area contributed by atoms with Crippen LogP contribution in [0.1, 0.15) is 56.4 Å². The summed E-state index contributed by atoms with van der Waals surface area (Å²) in [6, 6.07) is 2.17. The first-order valence-corrected chi connectivity index (χ1v) is 6.95. The van der Waals surface area contributed by atoms with Crippen LogP contribution in [0, 0.1) is 0 Å². The van der Waals surface area contributed by atoms with E-state index in [9.17, 15) is 0 Å². The second-order valence-electron chi connectivity index (χ2n) is 4.87. The summed E-state index contributed by atoms with van der Waals surface area (Å²) in [5.74, 6) is 1.43. The molecule has 0 aliphatic carbocycles. The molecule has 2 N–H and O–H groups in total. The van der Waals surface area contributed by atoms with Crippen LogP contribution in [0.15, 0.2) is 23.0 Å². The fourth-order valence-corrected chi connectivity index (χ4v) is 2.09. The largest absolute Gasteiger partial charge is 0.345 e. The molecule has 1 atom stereocenters. The number of hydrogen-bond donors (Lipinski definition) is 1. The third kappa shape index (κ3) is 3.67. The molecule has 0 aliphatic heterocycles. The molecule has 2 aromatic rings. The highest BCUT2D eigenvalue weighted by Gasteiger charge is 2.09. The maximum absolute atomic E-state index is 6.09.